The topological polar surface area (TPSA) is 230 Å². The van der Waals surface area contributed by atoms with Gasteiger partial charge in [0.25, 0.3) is 0 Å². The van der Waals surface area contributed by atoms with Crippen LogP contribution in [0.15, 0.2) is 70.0 Å². The first kappa shape index (κ1) is 46.8. The lowest BCUT2D eigenvalue weighted by atomic mass is 10.0. The fourth-order valence-corrected chi connectivity index (χ4v) is 8.62. The molecule has 3 aromatic rings. The Kier molecular flexibility index (Phi) is 16.9. The quantitative estimate of drug-likeness (QED) is 0.0571. The van der Waals surface area contributed by atoms with Crippen LogP contribution in [-0.4, -0.2) is 121 Å². The first-order valence-electron chi connectivity index (χ1n) is 19.9. The number of ether oxygens (including phenoxy) is 2. The highest BCUT2D eigenvalue weighted by molar-refractivity contribution is 7.89. The average Bonchev–Trinajstić information content (AvgIpc) is 3.21. The van der Waals surface area contributed by atoms with Gasteiger partial charge in [0.15, 0.2) is 11.2 Å². The summed E-state index contributed by atoms with van der Waals surface area (Å²) in [4.78, 5) is 43.6. The Labute approximate surface area is 362 Å². The van der Waals surface area contributed by atoms with E-state index in [9.17, 15) is 22.8 Å². The molecular weight excluding hydrogens is 823 g/mol. The molecule has 0 atom stereocenters. The Balaban J connectivity index is 0.000000788. The molecule has 1 aromatic heterocycles. The highest BCUT2D eigenvalue weighted by Crippen LogP contribution is 2.27. The minimum Gasteiger partial charge on any atom is -0.488 e. The molecule has 3 fully saturated rings. The fraction of sp³-hybridized carbons (Fsp3) is 0.439. The number of thiol groups is 1. The van der Waals surface area contributed by atoms with E-state index in [1.165, 1.54) is 21.5 Å². The van der Waals surface area contributed by atoms with Crippen molar-refractivity contribution in [1.82, 2.24) is 33.8 Å². The maximum atomic E-state index is 13.7. The molecule has 0 radical (unpaired) electrons. The van der Waals surface area contributed by atoms with Crippen molar-refractivity contribution in [2.75, 3.05) is 39.9 Å². The van der Waals surface area contributed by atoms with Gasteiger partial charge in [0, 0.05) is 94.5 Å². The van der Waals surface area contributed by atoms with Crippen LogP contribution in [0.2, 0.25) is 0 Å². The van der Waals surface area contributed by atoms with Gasteiger partial charge in [-0.05, 0) is 63.4 Å². The lowest BCUT2D eigenvalue weighted by molar-refractivity contribution is -0.132. The largest absolute Gasteiger partial charge is 0.488 e. The summed E-state index contributed by atoms with van der Waals surface area (Å²) < 4.78 is 44.2. The van der Waals surface area contributed by atoms with Crippen LogP contribution in [0.4, 0.5) is 0 Å². The van der Waals surface area contributed by atoms with Gasteiger partial charge >= 0.3 is 0 Å². The number of carbonyl (C=O) groups is 3. The smallest absolute Gasteiger partial charge is 0.243 e. The van der Waals surface area contributed by atoms with Crippen molar-refractivity contribution in [2.24, 2.45) is 15.8 Å². The molecule has 4 heterocycles. The van der Waals surface area contributed by atoms with Crippen LogP contribution in [0.5, 0.6) is 11.5 Å². The van der Waals surface area contributed by atoms with E-state index in [1.54, 1.807) is 28.6 Å². The van der Waals surface area contributed by atoms with E-state index in [2.05, 4.69) is 50.1 Å². The van der Waals surface area contributed by atoms with Crippen molar-refractivity contribution in [3.8, 4) is 11.5 Å². The maximum absolute atomic E-state index is 13.7. The van der Waals surface area contributed by atoms with E-state index in [1.807, 2.05) is 39.1 Å². The average molecular weight is 878 g/mol. The molecule has 3 aliphatic heterocycles. The highest BCUT2D eigenvalue weighted by atomic mass is 32.2. The molecule has 0 aliphatic carbocycles. The number of nitrogens with zero attached hydrogens (tertiary/aromatic N) is 7. The van der Waals surface area contributed by atoms with Gasteiger partial charge in [0.1, 0.15) is 30.2 Å². The van der Waals surface area contributed by atoms with Gasteiger partial charge in [0.2, 0.25) is 21.8 Å². The molecule has 6 rings (SSSR count). The third-order valence-electron chi connectivity index (χ3n) is 10.0. The number of hydrogen-bond donors (Lipinski definition) is 5. The van der Waals surface area contributed by atoms with Crippen LogP contribution in [0.3, 0.4) is 0 Å². The second-order valence-corrected chi connectivity index (χ2v) is 17.7. The van der Waals surface area contributed by atoms with Gasteiger partial charge in [-0.1, -0.05) is 37.1 Å². The first-order valence-corrected chi connectivity index (χ1v) is 21.8. The van der Waals surface area contributed by atoms with Crippen LogP contribution >= 0.6 is 12.8 Å². The van der Waals surface area contributed by atoms with Gasteiger partial charge in [-0.3, -0.25) is 34.2 Å². The summed E-state index contributed by atoms with van der Waals surface area (Å²) in [6.07, 6.45) is 7.32. The second kappa shape index (κ2) is 22.0. The van der Waals surface area contributed by atoms with E-state index in [-0.39, 0.29) is 41.6 Å². The summed E-state index contributed by atoms with van der Waals surface area (Å²) in [5.41, 5.74) is 9.51. The van der Waals surface area contributed by atoms with Crippen molar-refractivity contribution in [3.05, 3.63) is 82.9 Å². The molecule has 2 amide bonds. The van der Waals surface area contributed by atoms with Crippen molar-refractivity contribution < 1.29 is 32.3 Å². The summed E-state index contributed by atoms with van der Waals surface area (Å²) in [6.45, 7) is 10.9. The fourth-order valence-electron chi connectivity index (χ4n) is 6.96. The number of aldehydes is 1. The third kappa shape index (κ3) is 12.9. The Morgan fingerprint density at radius 3 is 2.48 bits per heavy atom. The number of rotatable bonds is 17. The van der Waals surface area contributed by atoms with E-state index in [0.717, 1.165) is 30.2 Å². The number of sulfonamides is 1. The number of nitrogens with two attached hydrogens (primary N) is 1. The first-order chi connectivity index (χ1) is 29.2. The van der Waals surface area contributed by atoms with Gasteiger partial charge < -0.3 is 20.6 Å². The van der Waals surface area contributed by atoms with Crippen LogP contribution < -0.4 is 31.3 Å². The number of likely N-dealkylation sites (tertiary alicyclic amines) is 1. The second-order valence-electron chi connectivity index (χ2n) is 15.1. The van der Waals surface area contributed by atoms with Crippen molar-refractivity contribution >= 4 is 59.4 Å². The Morgan fingerprint density at radius 1 is 1.16 bits per heavy atom. The predicted molar refractivity (Wildman–Crippen MR) is 235 cm³/mol. The van der Waals surface area contributed by atoms with Crippen LogP contribution in [0, 0.1) is 5.41 Å². The number of aromatic nitrogens is 2. The Hall–Kier alpha value is -5.25. The molecule has 3 aliphatic rings. The monoisotopic (exact) mass is 877 g/mol. The number of allylic oxidation sites excluding steroid dienone is 1. The zero-order chi connectivity index (χ0) is 44.1. The predicted octanol–water partition coefficient (Wildman–Crippen LogP) is 2.55. The number of nitrogens with one attached hydrogen (secondary N) is 3. The summed E-state index contributed by atoms with van der Waals surface area (Å²) in [5.74, 6) is 0.569. The van der Waals surface area contributed by atoms with E-state index in [4.69, 9.17) is 20.6 Å². The lowest BCUT2D eigenvalue weighted by Crippen LogP contribution is -2.53. The van der Waals surface area contributed by atoms with Crippen molar-refractivity contribution in [2.45, 2.75) is 82.2 Å². The van der Waals surface area contributed by atoms with Gasteiger partial charge in [-0.15, -0.1) is 0 Å². The number of imide groups is 1. The molecule has 0 spiro atoms. The van der Waals surface area contributed by atoms with E-state index < -0.39 is 10.0 Å². The summed E-state index contributed by atoms with van der Waals surface area (Å²) in [6, 6.07) is 12.6. The lowest BCUT2D eigenvalue weighted by Gasteiger charge is -2.39. The molecule has 20 heteroatoms. The summed E-state index contributed by atoms with van der Waals surface area (Å²) in [7, 11) is -1.89. The molecule has 5 N–H and O–H groups in total. The van der Waals surface area contributed by atoms with Gasteiger partial charge in [-0.2, -0.15) is 9.41 Å². The van der Waals surface area contributed by atoms with Crippen molar-refractivity contribution in [1.29, 1.82) is 5.41 Å². The van der Waals surface area contributed by atoms with E-state index in [0.29, 0.717) is 98.6 Å². The van der Waals surface area contributed by atoms with Gasteiger partial charge in [-0.25, -0.2) is 23.1 Å². The van der Waals surface area contributed by atoms with Crippen LogP contribution in [-0.2, 0) is 32.7 Å². The molecular formula is C41H55N11O7S2. The zero-order valence-electron chi connectivity index (χ0n) is 34.7. The minimum atomic E-state index is -3.73. The molecule has 18 nitrogen and oxygen atoms in total. The maximum Gasteiger partial charge on any atom is 0.243 e. The Morgan fingerprint density at radius 2 is 1.89 bits per heavy atom. The highest BCUT2D eigenvalue weighted by Gasteiger charge is 2.31. The number of carbonyl (C=O) groups excluding carboxylic acids is 3. The number of piperidine rings is 2. The Bertz CT molecular complexity index is 2250. The van der Waals surface area contributed by atoms with Gasteiger partial charge in [0.05, 0.1) is 17.7 Å². The molecule has 0 saturated carbocycles. The summed E-state index contributed by atoms with van der Waals surface area (Å²) in [5, 5.41) is 17.3. The molecule has 0 unspecified atom stereocenters. The molecule has 61 heavy (non-hydrogen) atoms. The summed E-state index contributed by atoms with van der Waals surface area (Å²) >= 11 is 4.32. The number of benzene rings is 2. The normalized spacial score (nSPS) is 17.3. The minimum absolute atomic E-state index is 0.0299. The van der Waals surface area contributed by atoms with Crippen molar-refractivity contribution in [3.63, 3.8) is 0 Å². The van der Waals surface area contributed by atoms with Crippen LogP contribution in [0.25, 0.3) is 5.57 Å². The molecule has 0 bridgehead atoms. The number of amides is 2. The zero-order valence-corrected chi connectivity index (χ0v) is 36.4. The molecule has 3 saturated heterocycles. The SMILES string of the molecule is C=Nn1cnc(/C(C=N)=C/N)c(OC(C)C)/c1=N/CNC1CCN(S(=O)(=O)c2cccc(OC3CN(Cc4ccc(C=O)c(CN(C)S)c4)C3)c2)CC1.O=C1CCCC(=O)N1. The third-order valence-corrected chi connectivity index (χ3v) is 12.0. The standard InChI is InChI=1S/C36H48N10O5S2.C5H7NO2/c1-25(2)50-35-34(29(16-37)17-38)42-24-46(39-3)36(35)41-23-40-30-10-12-45(13-11-30)53(48,49)33-7-5-6-31(15-33)51-32-20-44(21-32)18-26-8-9-27(22-47)28(14-26)19-43(4)52;7-4-2-1-3-5(8)6-4/h5-9,14-17,22,24-25,30,32,37,40,52H,3,10-13,18-21,23,38H2,1-2,4H3;1-3H2,(H,6,7,8)/b29-17+,37-16?,41-36-;. The van der Waals surface area contributed by atoms with Crippen LogP contribution in [0.1, 0.15) is 73.1 Å². The number of hydrogen-bond acceptors (Lipinski definition) is 16. The molecule has 328 valence electrons. The molecule has 2 aromatic carbocycles. The van der Waals surface area contributed by atoms with E-state index >= 15 is 0 Å².